The van der Waals surface area contributed by atoms with E-state index in [2.05, 4.69) is 0 Å². The molecular formula is C7H12O3. The highest BCUT2D eigenvalue weighted by molar-refractivity contribution is 5.50. The van der Waals surface area contributed by atoms with E-state index < -0.39 is 0 Å². The second kappa shape index (κ2) is 3.68. The minimum absolute atomic E-state index is 0.0788. The fourth-order valence-corrected chi connectivity index (χ4v) is 1.13. The number of aldehydes is 1. The predicted molar refractivity (Wildman–Crippen MR) is 35.6 cm³/mol. The van der Waals surface area contributed by atoms with Gasteiger partial charge in [0.15, 0.2) is 6.29 Å². The standard InChI is InChI=1S/C7H12O3/c1-9-7-3-2-6(10-7)4-5-8/h5-7H,2-4H2,1H3. The molecule has 10 heavy (non-hydrogen) atoms. The lowest BCUT2D eigenvalue weighted by molar-refractivity contribution is -0.124. The molecular weight excluding hydrogens is 132 g/mol. The van der Waals surface area contributed by atoms with Crippen molar-refractivity contribution in [1.29, 1.82) is 0 Å². The Labute approximate surface area is 60.3 Å². The van der Waals surface area contributed by atoms with E-state index in [0.717, 1.165) is 19.1 Å². The summed E-state index contributed by atoms with van der Waals surface area (Å²) in [7, 11) is 1.62. The van der Waals surface area contributed by atoms with Gasteiger partial charge in [-0.15, -0.1) is 0 Å². The predicted octanol–water partition coefficient (Wildman–Crippen LogP) is 0.727. The van der Waals surface area contributed by atoms with Gasteiger partial charge in [-0.2, -0.15) is 0 Å². The van der Waals surface area contributed by atoms with Crippen molar-refractivity contribution >= 4 is 6.29 Å². The normalized spacial score (nSPS) is 32.5. The average Bonchev–Trinajstić information content (AvgIpc) is 2.37. The van der Waals surface area contributed by atoms with Gasteiger partial charge in [-0.1, -0.05) is 0 Å². The summed E-state index contributed by atoms with van der Waals surface area (Å²) in [6, 6.07) is 0. The zero-order chi connectivity index (χ0) is 7.40. The van der Waals surface area contributed by atoms with Crippen molar-refractivity contribution in [1.82, 2.24) is 0 Å². The quantitative estimate of drug-likeness (QED) is 0.548. The third kappa shape index (κ3) is 1.78. The number of carbonyl (C=O) groups excluding carboxylic acids is 1. The minimum Gasteiger partial charge on any atom is -0.356 e. The van der Waals surface area contributed by atoms with E-state index in [1.54, 1.807) is 7.11 Å². The summed E-state index contributed by atoms with van der Waals surface area (Å²) in [6.07, 6.45) is 3.27. The van der Waals surface area contributed by atoms with Crippen LogP contribution in [-0.4, -0.2) is 25.8 Å². The first kappa shape index (κ1) is 7.69. The number of rotatable bonds is 3. The fourth-order valence-electron chi connectivity index (χ4n) is 1.13. The smallest absolute Gasteiger partial charge is 0.157 e. The third-order valence-corrected chi connectivity index (χ3v) is 1.69. The molecule has 1 aliphatic heterocycles. The van der Waals surface area contributed by atoms with Crippen LogP contribution in [0, 0.1) is 0 Å². The molecule has 1 heterocycles. The molecule has 1 rings (SSSR count). The van der Waals surface area contributed by atoms with Crippen LogP contribution in [0.1, 0.15) is 19.3 Å². The molecule has 0 aromatic heterocycles. The molecule has 1 saturated heterocycles. The Morgan fingerprint density at radius 2 is 2.50 bits per heavy atom. The molecule has 3 nitrogen and oxygen atoms in total. The molecule has 2 atom stereocenters. The first-order valence-corrected chi connectivity index (χ1v) is 3.48. The molecule has 0 saturated carbocycles. The fraction of sp³-hybridized carbons (Fsp3) is 0.857. The van der Waals surface area contributed by atoms with Gasteiger partial charge in [-0.25, -0.2) is 0 Å². The van der Waals surface area contributed by atoms with Gasteiger partial charge in [-0.3, -0.25) is 0 Å². The molecule has 0 N–H and O–H groups in total. The van der Waals surface area contributed by atoms with Crippen LogP contribution in [0.15, 0.2) is 0 Å². The Morgan fingerprint density at radius 1 is 1.70 bits per heavy atom. The molecule has 0 aromatic rings. The zero-order valence-corrected chi connectivity index (χ0v) is 6.08. The van der Waals surface area contributed by atoms with Crippen molar-refractivity contribution in [2.45, 2.75) is 31.7 Å². The molecule has 0 bridgehead atoms. The van der Waals surface area contributed by atoms with E-state index >= 15 is 0 Å². The van der Waals surface area contributed by atoms with E-state index in [9.17, 15) is 4.79 Å². The van der Waals surface area contributed by atoms with Crippen LogP contribution in [0.5, 0.6) is 0 Å². The number of methoxy groups -OCH3 is 1. The topological polar surface area (TPSA) is 35.5 Å². The van der Waals surface area contributed by atoms with Crippen molar-refractivity contribution < 1.29 is 14.3 Å². The molecule has 3 heteroatoms. The highest BCUT2D eigenvalue weighted by Gasteiger charge is 2.23. The van der Waals surface area contributed by atoms with Gasteiger partial charge in [-0.05, 0) is 6.42 Å². The van der Waals surface area contributed by atoms with Crippen molar-refractivity contribution in [2.75, 3.05) is 7.11 Å². The number of carbonyl (C=O) groups is 1. The van der Waals surface area contributed by atoms with Crippen LogP contribution in [0.3, 0.4) is 0 Å². The Hall–Kier alpha value is -0.410. The summed E-state index contributed by atoms with van der Waals surface area (Å²) in [4.78, 5) is 10.0. The maximum absolute atomic E-state index is 10.0. The van der Waals surface area contributed by atoms with Gasteiger partial charge in [0.1, 0.15) is 6.29 Å². The number of ether oxygens (including phenoxy) is 2. The Balaban J connectivity index is 2.21. The Morgan fingerprint density at radius 3 is 3.00 bits per heavy atom. The van der Waals surface area contributed by atoms with E-state index in [1.165, 1.54) is 0 Å². The first-order valence-electron chi connectivity index (χ1n) is 3.48. The average molecular weight is 144 g/mol. The lowest BCUT2D eigenvalue weighted by Gasteiger charge is -2.08. The lowest BCUT2D eigenvalue weighted by Crippen LogP contribution is -2.12. The lowest BCUT2D eigenvalue weighted by atomic mass is 10.2. The monoisotopic (exact) mass is 144 g/mol. The van der Waals surface area contributed by atoms with Crippen molar-refractivity contribution in [2.24, 2.45) is 0 Å². The molecule has 0 amide bonds. The Kier molecular flexibility index (Phi) is 2.83. The van der Waals surface area contributed by atoms with Gasteiger partial charge in [0.25, 0.3) is 0 Å². The molecule has 2 unspecified atom stereocenters. The summed E-state index contributed by atoms with van der Waals surface area (Å²) in [5.74, 6) is 0. The summed E-state index contributed by atoms with van der Waals surface area (Å²) in [5, 5.41) is 0. The molecule has 0 spiro atoms. The molecule has 58 valence electrons. The maximum atomic E-state index is 10.0. The van der Waals surface area contributed by atoms with Crippen LogP contribution >= 0.6 is 0 Å². The summed E-state index contributed by atoms with van der Waals surface area (Å²) in [6.45, 7) is 0. The van der Waals surface area contributed by atoms with Gasteiger partial charge >= 0.3 is 0 Å². The highest BCUT2D eigenvalue weighted by Crippen LogP contribution is 2.21. The van der Waals surface area contributed by atoms with E-state index in [-0.39, 0.29) is 12.4 Å². The minimum atomic E-state index is -0.0788. The van der Waals surface area contributed by atoms with Crippen molar-refractivity contribution in [3.8, 4) is 0 Å². The largest absolute Gasteiger partial charge is 0.356 e. The molecule has 1 aliphatic rings. The summed E-state index contributed by atoms with van der Waals surface area (Å²) >= 11 is 0. The van der Waals surface area contributed by atoms with Crippen molar-refractivity contribution in [3.05, 3.63) is 0 Å². The summed E-state index contributed by atoms with van der Waals surface area (Å²) < 4.78 is 10.2. The molecule has 0 aliphatic carbocycles. The van der Waals surface area contributed by atoms with Gasteiger partial charge in [0.2, 0.25) is 0 Å². The molecule has 0 radical (unpaired) electrons. The van der Waals surface area contributed by atoms with Crippen LogP contribution in [-0.2, 0) is 14.3 Å². The second-order valence-corrected chi connectivity index (χ2v) is 2.40. The number of hydrogen-bond acceptors (Lipinski definition) is 3. The Bertz CT molecular complexity index is 113. The first-order chi connectivity index (χ1) is 4.86. The van der Waals surface area contributed by atoms with Crippen LogP contribution in [0.2, 0.25) is 0 Å². The van der Waals surface area contributed by atoms with Crippen molar-refractivity contribution in [3.63, 3.8) is 0 Å². The van der Waals surface area contributed by atoms with E-state index in [0.29, 0.717) is 6.42 Å². The van der Waals surface area contributed by atoms with Crippen LogP contribution in [0.4, 0.5) is 0 Å². The molecule has 0 aromatic carbocycles. The van der Waals surface area contributed by atoms with Gasteiger partial charge < -0.3 is 14.3 Å². The van der Waals surface area contributed by atoms with Gasteiger partial charge in [0.05, 0.1) is 6.10 Å². The molecule has 1 fully saturated rings. The van der Waals surface area contributed by atoms with Crippen LogP contribution in [0.25, 0.3) is 0 Å². The zero-order valence-electron chi connectivity index (χ0n) is 6.08. The van der Waals surface area contributed by atoms with E-state index in [4.69, 9.17) is 9.47 Å². The van der Waals surface area contributed by atoms with Crippen LogP contribution < -0.4 is 0 Å². The SMILES string of the molecule is COC1CCC(CC=O)O1. The van der Waals surface area contributed by atoms with Gasteiger partial charge in [0, 0.05) is 20.0 Å². The second-order valence-electron chi connectivity index (χ2n) is 2.40. The maximum Gasteiger partial charge on any atom is 0.157 e. The third-order valence-electron chi connectivity index (χ3n) is 1.69. The highest BCUT2D eigenvalue weighted by atomic mass is 16.7. The van der Waals surface area contributed by atoms with E-state index in [1.807, 2.05) is 0 Å². The number of hydrogen-bond donors (Lipinski definition) is 0. The summed E-state index contributed by atoms with van der Waals surface area (Å²) in [5.41, 5.74) is 0.